The van der Waals surface area contributed by atoms with E-state index in [1.54, 1.807) is 30.8 Å². The molecule has 1 rings (SSSR count). The van der Waals surface area contributed by atoms with Crippen molar-refractivity contribution in [3.05, 3.63) is 34.9 Å². The van der Waals surface area contributed by atoms with E-state index >= 15 is 0 Å². The third-order valence-corrected chi connectivity index (χ3v) is 3.82. The lowest BCUT2D eigenvalue weighted by molar-refractivity contribution is 0.0786. The molecule has 5 heteroatoms. The molecule has 2 atom stereocenters. The first-order valence-electron chi connectivity index (χ1n) is 5.81. The summed E-state index contributed by atoms with van der Waals surface area (Å²) < 4.78 is 0. The van der Waals surface area contributed by atoms with Crippen LogP contribution in [0, 0.1) is 0 Å². The van der Waals surface area contributed by atoms with Crippen molar-refractivity contribution in [2.75, 3.05) is 25.1 Å². The third-order valence-electron chi connectivity index (χ3n) is 2.56. The zero-order valence-electron chi connectivity index (χ0n) is 10.7. The predicted molar refractivity (Wildman–Crippen MR) is 78.3 cm³/mol. The Balaban J connectivity index is 2.43. The molecule has 0 aliphatic carbocycles. The third kappa shape index (κ3) is 5.16. The van der Waals surface area contributed by atoms with Gasteiger partial charge in [0, 0.05) is 29.4 Å². The Morgan fingerprint density at radius 1 is 1.44 bits per heavy atom. The fourth-order valence-electron chi connectivity index (χ4n) is 1.70. The Bertz CT molecular complexity index is 374. The molecule has 1 aromatic rings. The second-order valence-corrected chi connectivity index (χ2v) is 5.87. The number of hydrogen-bond donors (Lipinski definition) is 3. The molecule has 18 heavy (non-hydrogen) atoms. The molecular weight excluding hydrogens is 270 g/mol. The van der Waals surface area contributed by atoms with E-state index < -0.39 is 11.7 Å². The lowest BCUT2D eigenvalue weighted by Crippen LogP contribution is -2.41. The highest BCUT2D eigenvalue weighted by molar-refractivity contribution is 7.98. The lowest BCUT2D eigenvalue weighted by Gasteiger charge is -2.23. The maximum atomic E-state index is 9.99. The molecule has 0 spiro atoms. The van der Waals surface area contributed by atoms with E-state index in [-0.39, 0.29) is 0 Å². The number of halogens is 1. The molecule has 0 saturated heterocycles. The smallest absolute Gasteiger partial charge is 0.0928 e. The molecule has 0 heterocycles. The van der Waals surface area contributed by atoms with Gasteiger partial charge in [0.2, 0.25) is 0 Å². The number of thioether (sulfide) groups is 1. The zero-order chi connectivity index (χ0) is 13.6. The van der Waals surface area contributed by atoms with E-state index in [0.29, 0.717) is 29.4 Å². The van der Waals surface area contributed by atoms with Gasteiger partial charge >= 0.3 is 0 Å². The Labute approximate surface area is 118 Å². The summed E-state index contributed by atoms with van der Waals surface area (Å²) >= 11 is 7.59. The molecular formula is C13H20ClNO2S. The Morgan fingerprint density at radius 3 is 2.72 bits per heavy atom. The van der Waals surface area contributed by atoms with Crippen molar-refractivity contribution in [2.45, 2.75) is 18.6 Å². The second-order valence-electron chi connectivity index (χ2n) is 4.60. The molecule has 0 aromatic heterocycles. The first-order chi connectivity index (χ1) is 8.46. The van der Waals surface area contributed by atoms with Crippen LogP contribution in [0.3, 0.4) is 0 Å². The maximum absolute atomic E-state index is 9.99. The first-order valence-corrected chi connectivity index (χ1v) is 7.58. The number of benzene rings is 1. The Morgan fingerprint density at radius 2 is 2.11 bits per heavy atom. The fraction of sp³-hybridized carbons (Fsp3) is 0.538. The Hall–Kier alpha value is -0.260. The summed E-state index contributed by atoms with van der Waals surface area (Å²) in [6.07, 6.45) is 1.29. The van der Waals surface area contributed by atoms with Gasteiger partial charge in [0.05, 0.1) is 11.7 Å². The summed E-state index contributed by atoms with van der Waals surface area (Å²) in [5, 5.41) is 23.6. The minimum absolute atomic E-state index is 0.369. The quantitative estimate of drug-likeness (QED) is 0.719. The van der Waals surface area contributed by atoms with Gasteiger partial charge in [0.15, 0.2) is 0 Å². The molecule has 2 unspecified atom stereocenters. The van der Waals surface area contributed by atoms with E-state index in [0.717, 1.165) is 0 Å². The molecule has 0 aliphatic rings. The van der Waals surface area contributed by atoms with Crippen LogP contribution < -0.4 is 5.32 Å². The molecule has 0 amide bonds. The summed E-state index contributed by atoms with van der Waals surface area (Å²) in [5.41, 5.74) is -0.0595. The summed E-state index contributed by atoms with van der Waals surface area (Å²) in [6, 6.07) is 7.22. The van der Waals surface area contributed by atoms with Gasteiger partial charge in [-0.15, -0.1) is 0 Å². The van der Waals surface area contributed by atoms with Crippen molar-refractivity contribution < 1.29 is 10.2 Å². The van der Waals surface area contributed by atoms with E-state index in [2.05, 4.69) is 5.32 Å². The van der Waals surface area contributed by atoms with Gasteiger partial charge in [-0.25, -0.2) is 0 Å². The fourth-order valence-corrected chi connectivity index (χ4v) is 2.68. The normalized spacial score (nSPS) is 16.3. The molecule has 0 radical (unpaired) electrons. The van der Waals surface area contributed by atoms with Gasteiger partial charge in [-0.3, -0.25) is 0 Å². The van der Waals surface area contributed by atoms with Crippen LogP contribution in [0.4, 0.5) is 0 Å². The number of rotatable bonds is 7. The predicted octanol–water partition coefficient (Wildman–Crippen LogP) is 2.08. The highest BCUT2D eigenvalue weighted by Gasteiger charge is 2.20. The lowest BCUT2D eigenvalue weighted by atomic mass is 10.1. The van der Waals surface area contributed by atoms with E-state index in [1.165, 1.54) is 0 Å². The molecule has 0 aliphatic heterocycles. The minimum Gasteiger partial charge on any atom is -0.388 e. The van der Waals surface area contributed by atoms with Crippen molar-refractivity contribution in [3.63, 3.8) is 0 Å². The number of hydrogen-bond acceptors (Lipinski definition) is 4. The molecule has 0 fully saturated rings. The summed E-state index contributed by atoms with van der Waals surface area (Å²) in [7, 11) is 0. The number of aliphatic hydroxyl groups is 2. The van der Waals surface area contributed by atoms with Gasteiger partial charge in [-0.2, -0.15) is 11.8 Å². The van der Waals surface area contributed by atoms with Crippen LogP contribution in [0.5, 0.6) is 0 Å². The zero-order valence-corrected chi connectivity index (χ0v) is 12.3. The van der Waals surface area contributed by atoms with Crippen LogP contribution in [-0.4, -0.2) is 40.9 Å². The standard InChI is InChI=1S/C13H20ClNO2S/c1-13(17,9-18-2)8-15-7-12(16)10-5-3-4-6-11(10)14/h3-6,12,15-17H,7-9H2,1-2H3. The Kier molecular flexibility index (Phi) is 6.46. The van der Waals surface area contributed by atoms with Crippen molar-refractivity contribution in [1.82, 2.24) is 5.32 Å². The van der Waals surface area contributed by atoms with E-state index in [9.17, 15) is 10.2 Å². The average molecular weight is 290 g/mol. The monoisotopic (exact) mass is 289 g/mol. The average Bonchev–Trinajstić information content (AvgIpc) is 2.29. The van der Waals surface area contributed by atoms with Crippen LogP contribution in [0.25, 0.3) is 0 Å². The summed E-state index contributed by atoms with van der Waals surface area (Å²) in [4.78, 5) is 0. The molecule has 3 nitrogen and oxygen atoms in total. The molecule has 0 bridgehead atoms. The van der Waals surface area contributed by atoms with Crippen molar-refractivity contribution in [1.29, 1.82) is 0 Å². The number of aliphatic hydroxyl groups excluding tert-OH is 1. The number of nitrogens with one attached hydrogen (secondary N) is 1. The van der Waals surface area contributed by atoms with Gasteiger partial charge in [-0.05, 0) is 19.2 Å². The van der Waals surface area contributed by atoms with E-state index in [4.69, 9.17) is 11.6 Å². The molecule has 102 valence electrons. The van der Waals surface area contributed by atoms with Gasteiger partial charge < -0.3 is 15.5 Å². The van der Waals surface area contributed by atoms with Crippen LogP contribution in [-0.2, 0) is 0 Å². The summed E-state index contributed by atoms with van der Waals surface area (Å²) in [6.45, 7) is 2.59. The van der Waals surface area contributed by atoms with Crippen molar-refractivity contribution in [3.8, 4) is 0 Å². The first kappa shape index (κ1) is 15.8. The highest BCUT2D eigenvalue weighted by atomic mass is 35.5. The van der Waals surface area contributed by atoms with Crippen LogP contribution >= 0.6 is 23.4 Å². The molecule has 1 aromatic carbocycles. The largest absolute Gasteiger partial charge is 0.388 e. The molecule has 0 saturated carbocycles. The second kappa shape index (κ2) is 7.36. The topological polar surface area (TPSA) is 52.5 Å². The van der Waals surface area contributed by atoms with Crippen molar-refractivity contribution in [2.24, 2.45) is 0 Å². The maximum Gasteiger partial charge on any atom is 0.0928 e. The summed E-state index contributed by atoms with van der Waals surface area (Å²) in [5.74, 6) is 0.655. The molecule has 3 N–H and O–H groups in total. The highest BCUT2D eigenvalue weighted by Crippen LogP contribution is 2.22. The van der Waals surface area contributed by atoms with Gasteiger partial charge in [0.1, 0.15) is 0 Å². The van der Waals surface area contributed by atoms with Crippen LogP contribution in [0.15, 0.2) is 24.3 Å². The van der Waals surface area contributed by atoms with Crippen LogP contribution in [0.2, 0.25) is 5.02 Å². The van der Waals surface area contributed by atoms with Gasteiger partial charge in [0.25, 0.3) is 0 Å². The van der Waals surface area contributed by atoms with Gasteiger partial charge in [-0.1, -0.05) is 29.8 Å². The van der Waals surface area contributed by atoms with Crippen molar-refractivity contribution >= 4 is 23.4 Å². The minimum atomic E-state index is -0.764. The van der Waals surface area contributed by atoms with Crippen LogP contribution in [0.1, 0.15) is 18.6 Å². The SMILES string of the molecule is CSCC(C)(O)CNCC(O)c1ccccc1Cl. The van der Waals surface area contributed by atoms with E-state index in [1.807, 2.05) is 18.4 Å².